The Bertz CT molecular complexity index is 3630. The van der Waals surface area contributed by atoms with Crippen LogP contribution in [0.3, 0.4) is 0 Å². The Hall–Kier alpha value is -8.72. The summed E-state index contributed by atoms with van der Waals surface area (Å²) in [6.45, 7) is 0. The summed E-state index contributed by atoms with van der Waals surface area (Å²) in [5.41, 5.74) is 16.9. The summed E-state index contributed by atoms with van der Waals surface area (Å²) < 4.78 is 6.49. The summed E-state index contributed by atoms with van der Waals surface area (Å²) in [6, 6.07) is 93.8. The van der Waals surface area contributed by atoms with Gasteiger partial charge < -0.3 is 9.32 Å². The summed E-state index contributed by atoms with van der Waals surface area (Å²) in [7, 11) is 0. The summed E-state index contributed by atoms with van der Waals surface area (Å²) in [5.74, 6) is 0.857. The van der Waals surface area contributed by atoms with Crippen molar-refractivity contribution in [1.82, 2.24) is 0 Å². The molecule has 0 aliphatic carbocycles. The maximum Gasteiger partial charge on any atom is 0.136 e. The number of rotatable bonds is 9. The van der Waals surface area contributed by atoms with E-state index in [-0.39, 0.29) is 0 Å². The highest BCUT2D eigenvalue weighted by molar-refractivity contribution is 6.08. The molecule has 0 atom stereocenters. The minimum absolute atomic E-state index is 0.857. The van der Waals surface area contributed by atoms with Crippen molar-refractivity contribution in [3.05, 3.63) is 261 Å². The van der Waals surface area contributed by atoms with E-state index >= 15 is 0 Å². The third-order valence-corrected chi connectivity index (χ3v) is 12.9. The van der Waals surface area contributed by atoms with Gasteiger partial charge in [-0.05, 0) is 138 Å². The molecule has 0 fully saturated rings. The topological polar surface area (TPSA) is 16.4 Å². The van der Waals surface area contributed by atoms with Gasteiger partial charge in [0.1, 0.15) is 11.3 Å². The standard InChI is InChI=1S/C64H43NO/c1-3-13-46(14-4-1)57-20-10-11-21-59(57)49-29-37-56(38-30-49)65(54-33-25-44(26-34-54)50-31-40-61-52(41-50)24-23-48-17-7-9-19-58(48)61)55-35-27-45(28-36-55)51-32-39-60(47-15-5-2-6-16-47)62(42-51)64-43-53-18-8-12-22-63(53)66-64/h1-43H. The van der Waals surface area contributed by atoms with Crippen LogP contribution in [0, 0.1) is 0 Å². The van der Waals surface area contributed by atoms with Crippen LogP contribution in [0.15, 0.2) is 265 Å². The van der Waals surface area contributed by atoms with Crippen molar-refractivity contribution in [2.75, 3.05) is 4.90 Å². The molecule has 12 rings (SSSR count). The highest BCUT2D eigenvalue weighted by Crippen LogP contribution is 2.42. The number of furan rings is 1. The smallest absolute Gasteiger partial charge is 0.136 e. The second-order valence-electron chi connectivity index (χ2n) is 16.9. The van der Waals surface area contributed by atoms with Gasteiger partial charge in [0.15, 0.2) is 0 Å². The van der Waals surface area contributed by atoms with Crippen LogP contribution in [-0.2, 0) is 0 Å². The lowest BCUT2D eigenvalue weighted by Crippen LogP contribution is -2.09. The highest BCUT2D eigenvalue weighted by atomic mass is 16.3. The van der Waals surface area contributed by atoms with Crippen molar-refractivity contribution in [2.24, 2.45) is 0 Å². The fraction of sp³-hybridized carbons (Fsp3) is 0. The van der Waals surface area contributed by atoms with E-state index < -0.39 is 0 Å². The first-order valence-electron chi connectivity index (χ1n) is 22.6. The maximum absolute atomic E-state index is 6.49. The Labute approximate surface area is 384 Å². The highest BCUT2D eigenvalue weighted by Gasteiger charge is 2.17. The van der Waals surface area contributed by atoms with Crippen LogP contribution in [0.5, 0.6) is 0 Å². The molecule has 0 amide bonds. The molecular formula is C64H43NO. The molecule has 0 aliphatic heterocycles. The first kappa shape index (κ1) is 38.9. The monoisotopic (exact) mass is 841 g/mol. The van der Waals surface area contributed by atoms with E-state index in [9.17, 15) is 0 Å². The largest absolute Gasteiger partial charge is 0.456 e. The number of nitrogens with zero attached hydrogens (tertiary/aromatic N) is 1. The number of hydrogen-bond donors (Lipinski definition) is 0. The Kier molecular flexibility index (Phi) is 9.89. The number of hydrogen-bond acceptors (Lipinski definition) is 2. The van der Waals surface area contributed by atoms with Crippen molar-refractivity contribution in [1.29, 1.82) is 0 Å². The maximum atomic E-state index is 6.49. The van der Waals surface area contributed by atoms with Crippen LogP contribution < -0.4 is 4.90 Å². The lowest BCUT2D eigenvalue weighted by atomic mass is 9.93. The van der Waals surface area contributed by atoms with Crippen LogP contribution in [0.2, 0.25) is 0 Å². The molecule has 2 heteroatoms. The van der Waals surface area contributed by atoms with Gasteiger partial charge in [-0.25, -0.2) is 0 Å². The summed E-state index contributed by atoms with van der Waals surface area (Å²) in [5, 5.41) is 6.15. The van der Waals surface area contributed by atoms with Gasteiger partial charge in [-0.3, -0.25) is 0 Å². The van der Waals surface area contributed by atoms with E-state index in [2.05, 4.69) is 254 Å². The third kappa shape index (κ3) is 7.31. The van der Waals surface area contributed by atoms with Crippen LogP contribution in [-0.4, -0.2) is 0 Å². The molecule has 1 heterocycles. The molecule has 66 heavy (non-hydrogen) atoms. The first-order chi connectivity index (χ1) is 32.7. The SMILES string of the molecule is c1ccc(-c2ccccc2-c2ccc(N(c3ccc(-c4ccc(-c5ccccc5)c(-c5cc6ccccc6o5)c4)cc3)c3ccc(-c4ccc5c(ccc6ccccc65)c4)cc3)cc2)cc1. The molecule has 0 radical (unpaired) electrons. The molecule has 0 aliphatic rings. The molecule has 11 aromatic carbocycles. The van der Waals surface area contributed by atoms with Gasteiger partial charge in [0.25, 0.3) is 0 Å². The van der Waals surface area contributed by atoms with Gasteiger partial charge in [0.2, 0.25) is 0 Å². The molecule has 0 saturated carbocycles. The van der Waals surface area contributed by atoms with Gasteiger partial charge in [-0.15, -0.1) is 0 Å². The molecule has 2 nitrogen and oxygen atoms in total. The van der Waals surface area contributed by atoms with Crippen molar-refractivity contribution in [3.8, 4) is 67.0 Å². The normalized spacial score (nSPS) is 11.3. The van der Waals surface area contributed by atoms with E-state index in [1.165, 1.54) is 54.9 Å². The Morgan fingerprint density at radius 2 is 0.682 bits per heavy atom. The van der Waals surface area contributed by atoms with Crippen LogP contribution in [0.4, 0.5) is 17.1 Å². The second-order valence-corrected chi connectivity index (χ2v) is 16.9. The molecule has 0 spiro atoms. The van der Waals surface area contributed by atoms with Crippen LogP contribution >= 0.6 is 0 Å². The van der Waals surface area contributed by atoms with E-state index in [0.717, 1.165) is 61.6 Å². The fourth-order valence-corrected chi connectivity index (χ4v) is 9.55. The number of benzene rings is 11. The molecule has 0 unspecified atom stereocenters. The lowest BCUT2D eigenvalue weighted by Gasteiger charge is -2.26. The first-order valence-corrected chi connectivity index (χ1v) is 22.6. The zero-order valence-electron chi connectivity index (χ0n) is 36.2. The predicted octanol–water partition coefficient (Wildman–Crippen LogP) is 18.2. The van der Waals surface area contributed by atoms with Crippen molar-refractivity contribution in [3.63, 3.8) is 0 Å². The number of para-hydroxylation sites is 1. The van der Waals surface area contributed by atoms with Gasteiger partial charge in [0, 0.05) is 28.0 Å². The molecule has 310 valence electrons. The number of anilines is 3. The summed E-state index contributed by atoms with van der Waals surface area (Å²) >= 11 is 0. The molecular weight excluding hydrogens is 799 g/mol. The molecule has 0 N–H and O–H groups in total. The zero-order chi connectivity index (χ0) is 43.8. The minimum atomic E-state index is 0.857. The van der Waals surface area contributed by atoms with Crippen molar-refractivity contribution < 1.29 is 4.42 Å². The van der Waals surface area contributed by atoms with Crippen LogP contribution in [0.1, 0.15) is 0 Å². The fourth-order valence-electron chi connectivity index (χ4n) is 9.55. The van der Waals surface area contributed by atoms with E-state index in [4.69, 9.17) is 4.42 Å². The molecule has 12 aromatic rings. The number of fused-ring (bicyclic) bond motifs is 4. The summed E-state index contributed by atoms with van der Waals surface area (Å²) in [6.07, 6.45) is 0. The van der Waals surface area contributed by atoms with Gasteiger partial charge in [-0.2, -0.15) is 0 Å². The Morgan fingerprint density at radius 3 is 1.30 bits per heavy atom. The quantitative estimate of drug-likeness (QED) is 0.135. The molecule has 0 saturated heterocycles. The molecule has 0 bridgehead atoms. The molecule has 1 aromatic heterocycles. The van der Waals surface area contributed by atoms with Gasteiger partial charge in [-0.1, -0.05) is 200 Å². The Balaban J connectivity index is 0.923. The zero-order valence-corrected chi connectivity index (χ0v) is 36.2. The van der Waals surface area contributed by atoms with E-state index in [1.807, 2.05) is 12.1 Å². The third-order valence-electron chi connectivity index (χ3n) is 12.9. The van der Waals surface area contributed by atoms with Crippen molar-refractivity contribution >= 4 is 49.6 Å². The van der Waals surface area contributed by atoms with Gasteiger partial charge in [0.05, 0.1) is 0 Å². The lowest BCUT2D eigenvalue weighted by molar-refractivity contribution is 0.632. The van der Waals surface area contributed by atoms with Gasteiger partial charge >= 0.3 is 0 Å². The predicted molar refractivity (Wildman–Crippen MR) is 279 cm³/mol. The minimum Gasteiger partial charge on any atom is -0.456 e. The Morgan fingerprint density at radius 1 is 0.242 bits per heavy atom. The summed E-state index contributed by atoms with van der Waals surface area (Å²) in [4.78, 5) is 2.35. The average Bonchev–Trinajstić information content (AvgIpc) is 3.84. The van der Waals surface area contributed by atoms with E-state index in [1.54, 1.807) is 0 Å². The van der Waals surface area contributed by atoms with E-state index in [0.29, 0.717) is 0 Å². The second kappa shape index (κ2) is 16.8. The van der Waals surface area contributed by atoms with Crippen LogP contribution in [0.25, 0.3) is 99.5 Å². The van der Waals surface area contributed by atoms with Crippen molar-refractivity contribution in [2.45, 2.75) is 0 Å². The average molecular weight is 842 g/mol.